The van der Waals surface area contributed by atoms with Crippen molar-refractivity contribution in [3.05, 3.63) is 30.5 Å². The number of aromatic nitrogens is 1. The fraction of sp³-hybridized carbons (Fsp3) is 0.357. The highest BCUT2D eigenvalue weighted by Gasteiger charge is 2.31. The molecule has 1 aromatic carbocycles. The van der Waals surface area contributed by atoms with Gasteiger partial charge >= 0.3 is 0 Å². The zero-order chi connectivity index (χ0) is 15.8. The van der Waals surface area contributed by atoms with E-state index in [9.17, 15) is 13.5 Å². The van der Waals surface area contributed by atoms with E-state index in [4.69, 9.17) is 5.73 Å². The Labute approximate surface area is 124 Å². The number of rotatable bonds is 4. The predicted octanol–water partition coefficient (Wildman–Crippen LogP) is 1.25. The third kappa shape index (κ3) is 2.99. The highest BCUT2D eigenvalue weighted by atomic mass is 32.2. The number of aliphatic hydroxyl groups is 1. The summed E-state index contributed by atoms with van der Waals surface area (Å²) in [6.45, 7) is 4.76. The average molecular weight is 309 g/mol. The summed E-state index contributed by atoms with van der Waals surface area (Å²) in [5.41, 5.74) is 5.63. The van der Waals surface area contributed by atoms with Gasteiger partial charge in [-0.15, -0.1) is 0 Å². The molecule has 2 aromatic rings. The Morgan fingerprint density at radius 3 is 2.62 bits per heavy atom. The minimum absolute atomic E-state index is 0.0426. The lowest BCUT2D eigenvalue weighted by Crippen LogP contribution is -2.50. The van der Waals surface area contributed by atoms with Crippen LogP contribution in [0.25, 0.3) is 10.9 Å². The van der Waals surface area contributed by atoms with Gasteiger partial charge in [-0.05, 0) is 45.0 Å². The number of benzene rings is 1. The molecule has 0 fully saturated rings. The Balaban J connectivity index is 2.59. The molecule has 2 rings (SSSR count). The van der Waals surface area contributed by atoms with Crippen LogP contribution in [0, 0.1) is 0 Å². The van der Waals surface area contributed by atoms with Crippen molar-refractivity contribution < 1.29 is 13.5 Å². The molecule has 6 nitrogen and oxygen atoms in total. The lowest BCUT2D eigenvalue weighted by atomic mass is 10.0. The second kappa shape index (κ2) is 5.25. The van der Waals surface area contributed by atoms with Crippen molar-refractivity contribution in [3.63, 3.8) is 0 Å². The maximum atomic E-state index is 12.6. The third-order valence-corrected chi connectivity index (χ3v) is 5.20. The van der Waals surface area contributed by atoms with Crippen LogP contribution in [0.1, 0.15) is 20.8 Å². The number of pyridine rings is 1. The van der Waals surface area contributed by atoms with Crippen molar-refractivity contribution in [2.45, 2.75) is 37.3 Å². The summed E-state index contributed by atoms with van der Waals surface area (Å²) in [6.07, 6.45) is 0.668. The molecule has 0 saturated carbocycles. The maximum absolute atomic E-state index is 12.6. The Bertz CT molecular complexity index is 770. The van der Waals surface area contributed by atoms with Crippen molar-refractivity contribution in [2.24, 2.45) is 0 Å². The molecule has 0 aliphatic heterocycles. The van der Waals surface area contributed by atoms with E-state index in [1.807, 2.05) is 0 Å². The van der Waals surface area contributed by atoms with Crippen LogP contribution in [0.5, 0.6) is 0 Å². The first-order chi connectivity index (χ1) is 9.65. The van der Waals surface area contributed by atoms with Crippen LogP contribution in [0.2, 0.25) is 0 Å². The molecule has 4 N–H and O–H groups in total. The van der Waals surface area contributed by atoms with Gasteiger partial charge in [0.05, 0.1) is 17.2 Å². The largest absolute Gasteiger partial charge is 0.398 e. The summed E-state index contributed by atoms with van der Waals surface area (Å²) >= 11 is 0. The Morgan fingerprint density at radius 1 is 1.33 bits per heavy atom. The standard InChI is InChI=1S/C14H19N3O3S/c1-9(18)14(2,3)17-21(19,20)12-7-6-11(15)10-5-4-8-16-13(10)12/h4-9,17-18H,15H2,1-3H3. The van der Waals surface area contributed by atoms with E-state index in [1.54, 1.807) is 26.0 Å². The number of hydrogen-bond donors (Lipinski definition) is 3. The van der Waals surface area contributed by atoms with Gasteiger partial charge in [-0.25, -0.2) is 13.1 Å². The van der Waals surface area contributed by atoms with Gasteiger partial charge in [-0.1, -0.05) is 0 Å². The number of anilines is 1. The van der Waals surface area contributed by atoms with E-state index in [0.29, 0.717) is 16.6 Å². The molecule has 0 aliphatic rings. The fourth-order valence-electron chi connectivity index (χ4n) is 1.87. The lowest BCUT2D eigenvalue weighted by Gasteiger charge is -2.29. The Hall–Kier alpha value is -1.70. The molecule has 0 saturated heterocycles. The number of aliphatic hydroxyl groups excluding tert-OH is 1. The van der Waals surface area contributed by atoms with Crippen LogP contribution in [-0.4, -0.2) is 30.2 Å². The van der Waals surface area contributed by atoms with Crippen LogP contribution < -0.4 is 10.5 Å². The first-order valence-corrected chi connectivity index (χ1v) is 7.99. The monoisotopic (exact) mass is 309 g/mol. The summed E-state index contributed by atoms with van der Waals surface area (Å²) in [4.78, 5) is 4.16. The molecule has 1 unspecified atom stereocenters. The van der Waals surface area contributed by atoms with Gasteiger partial charge in [0.25, 0.3) is 0 Å². The average Bonchev–Trinajstić information content (AvgIpc) is 2.37. The highest BCUT2D eigenvalue weighted by molar-refractivity contribution is 7.89. The molecule has 1 heterocycles. The second-order valence-corrected chi connectivity index (χ2v) is 7.21. The Morgan fingerprint density at radius 2 is 2.00 bits per heavy atom. The topological polar surface area (TPSA) is 105 Å². The summed E-state index contributed by atoms with van der Waals surface area (Å²) in [5.74, 6) is 0. The van der Waals surface area contributed by atoms with Gasteiger partial charge in [-0.2, -0.15) is 0 Å². The van der Waals surface area contributed by atoms with Crippen molar-refractivity contribution in [2.75, 3.05) is 5.73 Å². The van der Waals surface area contributed by atoms with Gasteiger partial charge in [0.15, 0.2) is 0 Å². The third-order valence-electron chi connectivity index (χ3n) is 3.50. The molecule has 1 aromatic heterocycles. The van der Waals surface area contributed by atoms with Crippen LogP contribution in [0.4, 0.5) is 5.69 Å². The van der Waals surface area contributed by atoms with Crippen molar-refractivity contribution in [1.29, 1.82) is 0 Å². The maximum Gasteiger partial charge on any atom is 0.243 e. The van der Waals surface area contributed by atoms with E-state index in [0.717, 1.165) is 0 Å². The molecule has 21 heavy (non-hydrogen) atoms. The summed E-state index contributed by atoms with van der Waals surface area (Å²) in [6, 6.07) is 6.37. The highest BCUT2D eigenvalue weighted by Crippen LogP contribution is 2.26. The van der Waals surface area contributed by atoms with Crippen LogP contribution >= 0.6 is 0 Å². The number of fused-ring (bicyclic) bond motifs is 1. The number of hydrogen-bond acceptors (Lipinski definition) is 5. The molecule has 1 atom stereocenters. The first kappa shape index (κ1) is 15.7. The molecular weight excluding hydrogens is 290 g/mol. The van der Waals surface area contributed by atoms with Crippen LogP contribution in [0.15, 0.2) is 35.4 Å². The van der Waals surface area contributed by atoms with Gasteiger partial charge in [0, 0.05) is 17.3 Å². The van der Waals surface area contributed by atoms with Crippen molar-refractivity contribution in [3.8, 4) is 0 Å². The SMILES string of the molecule is CC(O)C(C)(C)NS(=O)(=O)c1ccc(N)c2cccnc12. The number of nitrogen functional groups attached to an aromatic ring is 1. The molecule has 0 amide bonds. The van der Waals surface area contributed by atoms with E-state index < -0.39 is 21.7 Å². The number of sulfonamides is 1. The van der Waals surface area contributed by atoms with Gasteiger partial charge in [0.1, 0.15) is 4.90 Å². The molecule has 0 radical (unpaired) electrons. The van der Waals surface area contributed by atoms with E-state index >= 15 is 0 Å². The number of nitrogens with zero attached hydrogens (tertiary/aromatic N) is 1. The number of nitrogens with two attached hydrogens (primary N) is 1. The molecule has 0 aliphatic carbocycles. The smallest absolute Gasteiger partial charge is 0.243 e. The molecule has 114 valence electrons. The van der Waals surface area contributed by atoms with Crippen molar-refractivity contribution >= 4 is 26.6 Å². The normalized spacial score (nSPS) is 14.3. The molecule has 7 heteroatoms. The van der Waals surface area contributed by atoms with Crippen LogP contribution in [0.3, 0.4) is 0 Å². The van der Waals surface area contributed by atoms with Crippen molar-refractivity contribution in [1.82, 2.24) is 9.71 Å². The van der Waals surface area contributed by atoms with Gasteiger partial charge in [0.2, 0.25) is 10.0 Å². The minimum atomic E-state index is -3.83. The molecule has 0 spiro atoms. The lowest BCUT2D eigenvalue weighted by molar-refractivity contribution is 0.111. The zero-order valence-electron chi connectivity index (χ0n) is 12.2. The minimum Gasteiger partial charge on any atom is -0.398 e. The first-order valence-electron chi connectivity index (χ1n) is 6.50. The second-order valence-electron chi connectivity index (χ2n) is 5.56. The summed E-state index contributed by atoms with van der Waals surface area (Å²) < 4.78 is 27.7. The fourth-order valence-corrected chi connectivity index (χ4v) is 3.51. The molecular formula is C14H19N3O3S. The summed E-state index contributed by atoms with van der Waals surface area (Å²) in [7, 11) is -3.83. The Kier molecular flexibility index (Phi) is 3.92. The van der Waals surface area contributed by atoms with E-state index in [-0.39, 0.29) is 4.90 Å². The van der Waals surface area contributed by atoms with E-state index in [2.05, 4.69) is 9.71 Å². The van der Waals surface area contributed by atoms with Gasteiger partial charge in [-0.3, -0.25) is 4.98 Å². The quantitative estimate of drug-likeness (QED) is 0.737. The van der Waals surface area contributed by atoms with Crippen LogP contribution in [-0.2, 0) is 10.0 Å². The zero-order valence-corrected chi connectivity index (χ0v) is 13.0. The van der Waals surface area contributed by atoms with E-state index in [1.165, 1.54) is 25.3 Å². The number of nitrogens with one attached hydrogen (secondary N) is 1. The molecule has 0 bridgehead atoms. The summed E-state index contributed by atoms with van der Waals surface area (Å²) in [5, 5.41) is 10.3. The predicted molar refractivity (Wildman–Crippen MR) is 82.2 cm³/mol. The van der Waals surface area contributed by atoms with Gasteiger partial charge < -0.3 is 10.8 Å².